The molecule has 1 aliphatic rings. The van der Waals surface area contributed by atoms with Crippen LogP contribution in [0.25, 0.3) is 11.1 Å². The molecule has 0 bridgehead atoms. The number of carbonyl (C=O) groups excluding carboxylic acids is 3. The number of nitrogens with one attached hydrogen (secondary N) is 3. The van der Waals surface area contributed by atoms with E-state index in [-0.39, 0.29) is 37.1 Å². The Morgan fingerprint density at radius 2 is 1.63 bits per heavy atom. The maximum Gasteiger partial charge on any atom is 0.414 e. The molecule has 0 radical (unpaired) electrons. The predicted octanol–water partition coefficient (Wildman–Crippen LogP) is 3.11. The average molecular weight is 592 g/mol. The van der Waals surface area contributed by atoms with Crippen LogP contribution >= 0.6 is 0 Å². The molecule has 1 heterocycles. The van der Waals surface area contributed by atoms with Gasteiger partial charge in [-0.2, -0.15) is 0 Å². The van der Waals surface area contributed by atoms with Gasteiger partial charge >= 0.3 is 18.2 Å². The number of fused-ring (bicyclic) bond motifs is 3. The Kier molecular flexibility index (Phi) is 9.43. The number of nitrogens with zero attached hydrogens (tertiary/aromatic N) is 2. The van der Waals surface area contributed by atoms with Crippen LogP contribution in [0.1, 0.15) is 43.4 Å². The van der Waals surface area contributed by atoms with E-state index in [1.54, 1.807) is 20.8 Å². The molecule has 4 N–H and O–H groups in total. The second-order valence-electron chi connectivity index (χ2n) is 10.9. The summed E-state index contributed by atoms with van der Waals surface area (Å²) in [6.45, 7) is 4.26. The predicted molar refractivity (Wildman–Crippen MR) is 156 cm³/mol. The molecule has 0 unspecified atom stereocenters. The number of aliphatic carboxylic acids is 1. The Morgan fingerprint density at radius 3 is 2.21 bits per heavy atom. The van der Waals surface area contributed by atoms with Crippen molar-refractivity contribution in [2.24, 2.45) is 0 Å². The Balaban J connectivity index is 1.30. The molecule has 0 spiro atoms. The average Bonchev–Trinajstić information content (AvgIpc) is 3.25. The third-order valence-corrected chi connectivity index (χ3v) is 6.51. The number of rotatable bonds is 10. The van der Waals surface area contributed by atoms with Gasteiger partial charge in [-0.1, -0.05) is 48.5 Å². The first-order valence-electron chi connectivity index (χ1n) is 13.6. The van der Waals surface area contributed by atoms with Crippen molar-refractivity contribution in [2.75, 3.05) is 31.6 Å². The normalized spacial score (nSPS) is 12.1. The van der Waals surface area contributed by atoms with E-state index in [1.165, 1.54) is 0 Å². The van der Waals surface area contributed by atoms with Gasteiger partial charge in [-0.05, 0) is 43.0 Å². The zero-order valence-electron chi connectivity index (χ0n) is 24.0. The van der Waals surface area contributed by atoms with E-state index in [1.807, 2.05) is 48.5 Å². The molecule has 0 saturated carbocycles. The molecule has 43 heavy (non-hydrogen) atoms. The van der Waals surface area contributed by atoms with Gasteiger partial charge in [0.1, 0.15) is 18.8 Å². The van der Waals surface area contributed by atoms with E-state index in [0.717, 1.165) is 33.4 Å². The van der Waals surface area contributed by atoms with Gasteiger partial charge in [-0.15, -0.1) is 0 Å². The van der Waals surface area contributed by atoms with E-state index in [0.29, 0.717) is 0 Å². The molecule has 13 nitrogen and oxygen atoms in total. The molecule has 4 rings (SSSR count). The first-order chi connectivity index (χ1) is 20.4. The summed E-state index contributed by atoms with van der Waals surface area (Å²) >= 11 is 0. The van der Waals surface area contributed by atoms with Gasteiger partial charge in [0.05, 0.1) is 6.42 Å². The lowest BCUT2D eigenvalue weighted by Gasteiger charge is -2.21. The summed E-state index contributed by atoms with van der Waals surface area (Å²) in [6.07, 6.45) is -0.876. The van der Waals surface area contributed by atoms with Crippen LogP contribution in [0.4, 0.5) is 15.5 Å². The number of aromatic nitrogens is 2. The van der Waals surface area contributed by atoms with Crippen molar-refractivity contribution in [2.45, 2.75) is 38.7 Å². The van der Waals surface area contributed by atoms with Gasteiger partial charge in [0, 0.05) is 30.8 Å². The maximum atomic E-state index is 12.9. The van der Waals surface area contributed by atoms with Crippen LogP contribution in [0, 0.1) is 0 Å². The van der Waals surface area contributed by atoms with Crippen LogP contribution in [0.15, 0.2) is 59.5 Å². The first kappa shape index (κ1) is 30.8. The van der Waals surface area contributed by atoms with E-state index in [2.05, 4.69) is 20.6 Å². The minimum absolute atomic E-state index is 0.0420. The number of alkyl carbamates (subject to hydrolysis) is 1. The number of aromatic amines is 1. The number of carboxylic acids is 1. The maximum absolute atomic E-state index is 12.9. The Morgan fingerprint density at radius 1 is 1.00 bits per heavy atom. The molecule has 13 heteroatoms. The highest BCUT2D eigenvalue weighted by molar-refractivity contribution is 5.84. The Bertz CT molecular complexity index is 1530. The number of anilines is 1. The number of carboxylic acid groups (broad SMARTS) is 1. The number of hydrogen-bond acceptors (Lipinski definition) is 8. The van der Waals surface area contributed by atoms with Crippen LogP contribution in [0.5, 0.6) is 0 Å². The third kappa shape index (κ3) is 8.18. The lowest BCUT2D eigenvalue weighted by molar-refractivity contribution is -0.144. The highest BCUT2D eigenvalue weighted by Crippen LogP contribution is 2.44. The van der Waals surface area contributed by atoms with Gasteiger partial charge in [0.25, 0.3) is 5.56 Å². The SMILES string of the molecule is CC(C)(C)OC(=O)Nc1ncc(CC(=O)N(CCNC(=O)OCC2c3ccccc3-c3ccccc32)CC(=O)O)c(=O)[nH]1. The van der Waals surface area contributed by atoms with E-state index in [4.69, 9.17) is 9.47 Å². The number of benzene rings is 2. The lowest BCUT2D eigenvalue weighted by Crippen LogP contribution is -2.42. The molecule has 3 aromatic rings. The van der Waals surface area contributed by atoms with Crippen LogP contribution < -0.4 is 16.2 Å². The van der Waals surface area contributed by atoms with Crippen molar-refractivity contribution in [3.63, 3.8) is 0 Å². The summed E-state index contributed by atoms with van der Waals surface area (Å²) in [5.74, 6) is -2.24. The van der Waals surface area contributed by atoms with Crippen molar-refractivity contribution < 1.29 is 33.8 Å². The summed E-state index contributed by atoms with van der Waals surface area (Å²) in [6, 6.07) is 15.9. The summed E-state index contributed by atoms with van der Waals surface area (Å²) in [5, 5.41) is 14.1. The molecule has 0 atom stereocenters. The van der Waals surface area contributed by atoms with Gasteiger partial charge in [-0.3, -0.25) is 24.7 Å². The highest BCUT2D eigenvalue weighted by atomic mass is 16.6. The van der Waals surface area contributed by atoms with Gasteiger partial charge in [0.15, 0.2) is 0 Å². The van der Waals surface area contributed by atoms with Crippen molar-refractivity contribution in [3.05, 3.63) is 81.8 Å². The molecule has 2 aromatic carbocycles. The number of carbonyl (C=O) groups is 4. The standard InChI is InChI=1S/C30H33N5O8/c1-30(2,3)43-29(41)34-27-32-15-18(26(39)33-27)14-24(36)35(16-25(37)38)13-12-31-28(40)42-17-23-21-10-6-4-8-19(21)20-9-5-7-11-22(20)23/h4-11,15,23H,12-14,16-17H2,1-3H3,(H,31,40)(H,37,38)(H2,32,33,34,39,41). The number of H-pyrrole nitrogens is 1. The molecule has 0 fully saturated rings. The zero-order valence-corrected chi connectivity index (χ0v) is 24.0. The fourth-order valence-electron chi connectivity index (χ4n) is 4.68. The van der Waals surface area contributed by atoms with E-state index in [9.17, 15) is 29.1 Å². The summed E-state index contributed by atoms with van der Waals surface area (Å²) < 4.78 is 10.6. The molecule has 0 aliphatic heterocycles. The summed E-state index contributed by atoms with van der Waals surface area (Å²) in [4.78, 5) is 68.4. The topological polar surface area (TPSA) is 180 Å². The van der Waals surface area contributed by atoms with Crippen LogP contribution in [0.2, 0.25) is 0 Å². The smallest absolute Gasteiger partial charge is 0.414 e. The molecule has 226 valence electrons. The molecule has 0 saturated heterocycles. The van der Waals surface area contributed by atoms with Crippen molar-refractivity contribution in [1.29, 1.82) is 0 Å². The monoisotopic (exact) mass is 591 g/mol. The fourth-order valence-corrected chi connectivity index (χ4v) is 4.68. The van der Waals surface area contributed by atoms with E-state index < -0.39 is 48.2 Å². The first-order valence-corrected chi connectivity index (χ1v) is 13.6. The Labute approximate surface area is 247 Å². The molecular weight excluding hydrogens is 558 g/mol. The third-order valence-electron chi connectivity index (χ3n) is 6.51. The van der Waals surface area contributed by atoms with Gasteiger partial charge in [-0.25, -0.2) is 14.6 Å². The number of amides is 3. The zero-order chi connectivity index (χ0) is 31.1. The van der Waals surface area contributed by atoms with Crippen LogP contribution in [0.3, 0.4) is 0 Å². The van der Waals surface area contributed by atoms with Crippen molar-refractivity contribution in [3.8, 4) is 11.1 Å². The number of hydrogen-bond donors (Lipinski definition) is 4. The molecule has 1 aliphatic carbocycles. The van der Waals surface area contributed by atoms with Gasteiger partial charge in [0.2, 0.25) is 11.9 Å². The molecular formula is C30H33N5O8. The van der Waals surface area contributed by atoms with Crippen molar-refractivity contribution >= 4 is 30.0 Å². The minimum Gasteiger partial charge on any atom is -0.480 e. The molecule has 3 amide bonds. The quantitative estimate of drug-likeness (QED) is 0.275. The lowest BCUT2D eigenvalue weighted by atomic mass is 9.98. The minimum atomic E-state index is -1.27. The Hall–Kier alpha value is -5.20. The largest absolute Gasteiger partial charge is 0.480 e. The summed E-state index contributed by atoms with van der Waals surface area (Å²) in [5.41, 5.74) is 2.82. The second-order valence-corrected chi connectivity index (χ2v) is 10.9. The van der Waals surface area contributed by atoms with Crippen LogP contribution in [-0.4, -0.2) is 75.9 Å². The van der Waals surface area contributed by atoms with Gasteiger partial charge < -0.3 is 24.8 Å². The van der Waals surface area contributed by atoms with E-state index >= 15 is 0 Å². The second kappa shape index (κ2) is 13.2. The molecule has 1 aromatic heterocycles. The fraction of sp³-hybridized carbons (Fsp3) is 0.333. The highest BCUT2D eigenvalue weighted by Gasteiger charge is 2.29. The van der Waals surface area contributed by atoms with Crippen molar-refractivity contribution in [1.82, 2.24) is 20.2 Å². The summed E-state index contributed by atoms with van der Waals surface area (Å²) in [7, 11) is 0. The number of ether oxygens (including phenoxy) is 2. The van der Waals surface area contributed by atoms with Crippen LogP contribution in [-0.2, 0) is 25.5 Å².